The van der Waals surface area contributed by atoms with Crippen LogP contribution in [0.5, 0.6) is 0 Å². The number of thioether (sulfide) groups is 1. The second-order valence-corrected chi connectivity index (χ2v) is 3.67. The zero-order chi connectivity index (χ0) is 9.40. The smallest absolute Gasteiger partial charge is 0.306 e. The molecule has 0 fully saturated rings. The average molecular weight is 205 g/mol. The van der Waals surface area contributed by atoms with E-state index >= 15 is 0 Å². The third-order valence-electron chi connectivity index (χ3n) is 1.16. The van der Waals surface area contributed by atoms with Crippen LogP contribution in [0.25, 0.3) is 0 Å². The highest BCUT2D eigenvalue weighted by molar-refractivity contribution is 8.00. The van der Waals surface area contributed by atoms with Crippen LogP contribution < -0.4 is 0 Å². The third-order valence-corrected chi connectivity index (χ3v) is 2.89. The van der Waals surface area contributed by atoms with Crippen molar-refractivity contribution in [1.29, 1.82) is 5.26 Å². The number of ether oxygens (including phenoxy) is 1. The Bertz CT molecular complexity index is 179. The first-order valence-electron chi connectivity index (χ1n) is 3.43. The summed E-state index contributed by atoms with van der Waals surface area (Å²) >= 11 is 5.41. The summed E-state index contributed by atoms with van der Waals surface area (Å²) in [4.78, 5) is 10.6. The normalized spacial score (nSPS) is 11.8. The van der Waals surface area contributed by atoms with Crippen LogP contribution in [0.15, 0.2) is 0 Å². The molecule has 0 heterocycles. The average Bonchev–Trinajstić information content (AvgIpc) is 2.12. The molecular formula is C7H11NO2S2. The van der Waals surface area contributed by atoms with Gasteiger partial charge < -0.3 is 4.74 Å². The minimum atomic E-state index is -0.238. The maximum absolute atomic E-state index is 10.6. The van der Waals surface area contributed by atoms with Gasteiger partial charge in [-0.2, -0.15) is 17.9 Å². The standard InChI is InChI=1S/C7H11NO2S2/c1-10-7(9)2-3-12-6(4-8)5-11/h6,11H,2-3,5H2,1H3. The molecule has 0 saturated carbocycles. The van der Waals surface area contributed by atoms with Crippen molar-refractivity contribution in [3.63, 3.8) is 0 Å². The first kappa shape index (κ1) is 11.7. The lowest BCUT2D eigenvalue weighted by molar-refractivity contribution is -0.140. The zero-order valence-electron chi connectivity index (χ0n) is 6.82. The van der Waals surface area contributed by atoms with Crippen molar-refractivity contribution < 1.29 is 9.53 Å². The van der Waals surface area contributed by atoms with E-state index in [0.29, 0.717) is 17.9 Å². The van der Waals surface area contributed by atoms with Crippen molar-refractivity contribution in [3.8, 4) is 6.07 Å². The van der Waals surface area contributed by atoms with Crippen molar-refractivity contribution in [2.75, 3.05) is 18.6 Å². The number of hydrogen-bond donors (Lipinski definition) is 1. The summed E-state index contributed by atoms with van der Waals surface area (Å²) in [7, 11) is 1.35. The number of nitriles is 1. The fourth-order valence-corrected chi connectivity index (χ4v) is 1.66. The Morgan fingerprint density at radius 3 is 2.92 bits per heavy atom. The number of hydrogen-bond acceptors (Lipinski definition) is 5. The SMILES string of the molecule is COC(=O)CCSC(C#N)CS. The Morgan fingerprint density at radius 1 is 1.83 bits per heavy atom. The van der Waals surface area contributed by atoms with E-state index in [1.165, 1.54) is 18.9 Å². The van der Waals surface area contributed by atoms with E-state index in [9.17, 15) is 4.79 Å². The lowest BCUT2D eigenvalue weighted by Crippen LogP contribution is -2.06. The van der Waals surface area contributed by atoms with Gasteiger partial charge in [-0.1, -0.05) is 0 Å². The Labute approximate surface area is 81.9 Å². The van der Waals surface area contributed by atoms with Gasteiger partial charge >= 0.3 is 5.97 Å². The van der Waals surface area contributed by atoms with Crippen molar-refractivity contribution in [1.82, 2.24) is 0 Å². The van der Waals surface area contributed by atoms with Crippen LogP contribution in [0.3, 0.4) is 0 Å². The van der Waals surface area contributed by atoms with Crippen molar-refractivity contribution in [2.24, 2.45) is 0 Å². The van der Waals surface area contributed by atoms with Gasteiger partial charge in [0.05, 0.1) is 19.6 Å². The molecular weight excluding hydrogens is 194 g/mol. The van der Waals surface area contributed by atoms with Gasteiger partial charge in [-0.05, 0) is 0 Å². The van der Waals surface area contributed by atoms with E-state index in [1.54, 1.807) is 0 Å². The van der Waals surface area contributed by atoms with Crippen LogP contribution in [-0.4, -0.2) is 29.8 Å². The topological polar surface area (TPSA) is 50.1 Å². The summed E-state index contributed by atoms with van der Waals surface area (Å²) in [5.41, 5.74) is 0. The molecule has 0 aliphatic rings. The van der Waals surface area contributed by atoms with Gasteiger partial charge in [0.1, 0.15) is 5.25 Å². The van der Waals surface area contributed by atoms with Crippen molar-refractivity contribution in [2.45, 2.75) is 11.7 Å². The Hall–Kier alpha value is -0.340. The lowest BCUT2D eigenvalue weighted by Gasteiger charge is -2.03. The molecule has 3 nitrogen and oxygen atoms in total. The van der Waals surface area contributed by atoms with E-state index < -0.39 is 0 Å². The Balaban J connectivity index is 3.43. The summed E-state index contributed by atoms with van der Waals surface area (Å²) in [5.74, 6) is 0.895. The zero-order valence-corrected chi connectivity index (χ0v) is 8.53. The Morgan fingerprint density at radius 2 is 2.50 bits per heavy atom. The minimum absolute atomic E-state index is 0.127. The molecule has 68 valence electrons. The van der Waals surface area contributed by atoms with Crippen molar-refractivity contribution in [3.05, 3.63) is 0 Å². The summed E-state index contributed by atoms with van der Waals surface area (Å²) in [6.07, 6.45) is 0.354. The molecule has 0 aliphatic heterocycles. The number of methoxy groups -OCH3 is 1. The number of carbonyl (C=O) groups excluding carboxylic acids is 1. The van der Waals surface area contributed by atoms with Gasteiger partial charge in [-0.15, -0.1) is 11.8 Å². The summed E-state index contributed by atoms with van der Waals surface area (Å²) in [6, 6.07) is 2.08. The van der Waals surface area contributed by atoms with Gasteiger partial charge in [-0.3, -0.25) is 4.79 Å². The van der Waals surface area contributed by atoms with Gasteiger partial charge in [-0.25, -0.2) is 0 Å². The second-order valence-electron chi connectivity index (χ2n) is 2.00. The summed E-state index contributed by atoms with van der Waals surface area (Å²) < 4.78 is 4.45. The first-order chi connectivity index (χ1) is 5.74. The molecule has 0 bridgehead atoms. The van der Waals surface area contributed by atoms with Crippen LogP contribution in [0.4, 0.5) is 0 Å². The van der Waals surface area contributed by atoms with Crippen LogP contribution in [0, 0.1) is 11.3 Å². The maximum Gasteiger partial charge on any atom is 0.306 e. The molecule has 12 heavy (non-hydrogen) atoms. The maximum atomic E-state index is 10.6. The number of esters is 1. The molecule has 0 spiro atoms. The van der Waals surface area contributed by atoms with Gasteiger partial charge in [0, 0.05) is 11.5 Å². The van der Waals surface area contributed by atoms with Crippen molar-refractivity contribution >= 4 is 30.4 Å². The van der Waals surface area contributed by atoms with Gasteiger partial charge in [0.2, 0.25) is 0 Å². The lowest BCUT2D eigenvalue weighted by atomic mass is 10.5. The van der Waals surface area contributed by atoms with Crippen LogP contribution >= 0.6 is 24.4 Å². The third kappa shape index (κ3) is 5.33. The van der Waals surface area contributed by atoms with E-state index in [1.807, 2.05) is 0 Å². The van der Waals surface area contributed by atoms with E-state index in [4.69, 9.17) is 5.26 Å². The second kappa shape index (κ2) is 7.32. The molecule has 0 rings (SSSR count). The predicted molar refractivity (Wildman–Crippen MR) is 52.3 cm³/mol. The van der Waals surface area contributed by atoms with E-state index in [-0.39, 0.29) is 11.2 Å². The molecule has 0 N–H and O–H groups in total. The van der Waals surface area contributed by atoms with E-state index in [2.05, 4.69) is 23.4 Å². The highest BCUT2D eigenvalue weighted by atomic mass is 32.2. The molecule has 0 radical (unpaired) electrons. The molecule has 1 atom stereocenters. The summed E-state index contributed by atoms with van der Waals surface area (Å²) in [5, 5.41) is 8.39. The molecule has 0 amide bonds. The van der Waals surface area contributed by atoms with E-state index in [0.717, 1.165) is 0 Å². The van der Waals surface area contributed by atoms with Gasteiger partial charge in [0.25, 0.3) is 0 Å². The quantitative estimate of drug-likeness (QED) is 0.539. The Kier molecular flexibility index (Phi) is 7.11. The monoisotopic (exact) mass is 205 g/mol. The van der Waals surface area contributed by atoms with Gasteiger partial charge in [0.15, 0.2) is 0 Å². The molecule has 5 heteroatoms. The molecule has 0 aromatic heterocycles. The molecule has 0 aromatic carbocycles. The first-order valence-corrected chi connectivity index (χ1v) is 5.11. The number of thiol groups is 1. The largest absolute Gasteiger partial charge is 0.469 e. The summed E-state index contributed by atoms with van der Waals surface area (Å²) in [6.45, 7) is 0. The molecule has 1 unspecified atom stereocenters. The molecule has 0 aliphatic carbocycles. The highest BCUT2D eigenvalue weighted by Crippen LogP contribution is 2.12. The number of rotatable bonds is 5. The highest BCUT2D eigenvalue weighted by Gasteiger charge is 2.06. The van der Waals surface area contributed by atoms with Crippen LogP contribution in [0.1, 0.15) is 6.42 Å². The van der Waals surface area contributed by atoms with Crippen LogP contribution in [0.2, 0.25) is 0 Å². The fraction of sp³-hybridized carbons (Fsp3) is 0.714. The fourth-order valence-electron chi connectivity index (χ4n) is 0.517. The number of nitrogens with zero attached hydrogens (tertiary/aromatic N) is 1. The molecule has 0 aromatic rings. The number of carbonyl (C=O) groups is 1. The van der Waals surface area contributed by atoms with Crippen LogP contribution in [-0.2, 0) is 9.53 Å². The molecule has 0 saturated heterocycles. The predicted octanol–water partition coefficient (Wildman–Crippen LogP) is 1.10. The minimum Gasteiger partial charge on any atom is -0.469 e.